The molecule has 0 saturated carbocycles. The van der Waals surface area contributed by atoms with Crippen LogP contribution in [-0.2, 0) is 9.53 Å². The van der Waals surface area contributed by atoms with Gasteiger partial charge in [0.1, 0.15) is 12.3 Å². The van der Waals surface area contributed by atoms with Gasteiger partial charge < -0.3 is 19.5 Å². The summed E-state index contributed by atoms with van der Waals surface area (Å²) in [6.07, 6.45) is 0. The van der Waals surface area contributed by atoms with Crippen LogP contribution in [0.25, 0.3) is 0 Å². The number of methoxy groups -OCH3 is 2. The fourth-order valence-electron chi connectivity index (χ4n) is 2.14. The van der Waals surface area contributed by atoms with Gasteiger partial charge in [-0.3, -0.25) is 14.4 Å². The maximum absolute atomic E-state index is 13.6. The molecule has 0 aliphatic rings. The van der Waals surface area contributed by atoms with Crippen molar-refractivity contribution in [1.82, 2.24) is 5.32 Å². The van der Waals surface area contributed by atoms with Gasteiger partial charge in [-0.15, -0.1) is 0 Å². The summed E-state index contributed by atoms with van der Waals surface area (Å²) in [5.74, 6) is -2.06. The Morgan fingerprint density at radius 1 is 1.00 bits per heavy atom. The summed E-state index contributed by atoms with van der Waals surface area (Å²) >= 11 is 0. The Morgan fingerprint density at radius 2 is 1.78 bits per heavy atom. The first-order valence-corrected chi connectivity index (χ1v) is 7.89. The maximum Gasteiger partial charge on any atom is 0.325 e. The summed E-state index contributed by atoms with van der Waals surface area (Å²) in [7, 11) is 2.78. The lowest BCUT2D eigenvalue weighted by molar-refractivity contribution is -0.141. The molecule has 0 bridgehead atoms. The van der Waals surface area contributed by atoms with Crippen molar-refractivity contribution in [2.45, 2.75) is 0 Å². The van der Waals surface area contributed by atoms with Gasteiger partial charge >= 0.3 is 5.97 Å². The van der Waals surface area contributed by atoms with Crippen molar-refractivity contribution in [1.29, 1.82) is 0 Å². The van der Waals surface area contributed by atoms with Gasteiger partial charge in [-0.05, 0) is 36.4 Å². The molecule has 2 aromatic carbocycles. The van der Waals surface area contributed by atoms with Crippen LogP contribution in [-0.4, -0.2) is 45.0 Å². The number of nitrogens with one attached hydrogen (secondary N) is 1. The molecule has 1 amide bonds. The second kappa shape index (κ2) is 9.33. The third kappa shape index (κ3) is 5.53. The predicted molar refractivity (Wildman–Crippen MR) is 93.6 cm³/mol. The number of carbonyl (C=O) groups excluding carboxylic acids is 3. The van der Waals surface area contributed by atoms with E-state index in [0.717, 1.165) is 6.07 Å². The highest BCUT2D eigenvalue weighted by atomic mass is 19.1. The van der Waals surface area contributed by atoms with E-state index in [-0.39, 0.29) is 11.3 Å². The highest BCUT2D eigenvalue weighted by molar-refractivity contribution is 5.99. The minimum absolute atomic E-state index is 0.00352. The second-order valence-corrected chi connectivity index (χ2v) is 5.35. The second-order valence-electron chi connectivity index (χ2n) is 5.35. The van der Waals surface area contributed by atoms with Crippen LogP contribution in [0, 0.1) is 5.82 Å². The van der Waals surface area contributed by atoms with Gasteiger partial charge in [-0.1, -0.05) is 6.07 Å². The molecule has 8 heteroatoms. The van der Waals surface area contributed by atoms with Gasteiger partial charge in [0.2, 0.25) is 0 Å². The largest absolute Gasteiger partial charge is 0.497 e. The van der Waals surface area contributed by atoms with E-state index in [2.05, 4.69) is 5.32 Å². The Hall–Kier alpha value is -3.42. The van der Waals surface area contributed by atoms with Crippen molar-refractivity contribution in [3.05, 3.63) is 59.4 Å². The lowest BCUT2D eigenvalue weighted by Crippen LogP contribution is -2.31. The molecule has 0 spiro atoms. The average Bonchev–Trinajstić information content (AvgIpc) is 2.70. The molecular weight excluding hydrogens is 357 g/mol. The van der Waals surface area contributed by atoms with Gasteiger partial charge in [0.25, 0.3) is 5.91 Å². The van der Waals surface area contributed by atoms with E-state index in [1.165, 1.54) is 32.4 Å². The molecule has 2 aromatic rings. The predicted octanol–water partition coefficient (Wildman–Crippen LogP) is 2.00. The zero-order valence-corrected chi connectivity index (χ0v) is 14.8. The molecule has 2 rings (SSSR count). The molecule has 0 unspecified atom stereocenters. The molecule has 0 aliphatic heterocycles. The third-order valence-electron chi connectivity index (χ3n) is 3.56. The molecule has 0 radical (unpaired) electrons. The van der Waals surface area contributed by atoms with Gasteiger partial charge in [0.05, 0.1) is 14.2 Å². The van der Waals surface area contributed by atoms with E-state index in [0.29, 0.717) is 11.3 Å². The van der Waals surface area contributed by atoms with E-state index in [4.69, 9.17) is 14.2 Å². The quantitative estimate of drug-likeness (QED) is 0.561. The Balaban J connectivity index is 1.82. The summed E-state index contributed by atoms with van der Waals surface area (Å²) in [5, 5.41) is 2.38. The molecule has 0 aliphatic carbocycles. The number of esters is 1. The topological polar surface area (TPSA) is 90.9 Å². The molecule has 0 heterocycles. The summed E-state index contributed by atoms with van der Waals surface area (Å²) in [6.45, 7) is -0.986. The van der Waals surface area contributed by atoms with Gasteiger partial charge in [-0.25, -0.2) is 4.39 Å². The summed E-state index contributed by atoms with van der Waals surface area (Å²) < 4.78 is 28.2. The molecule has 0 atom stereocenters. The zero-order chi connectivity index (χ0) is 19.8. The fourth-order valence-corrected chi connectivity index (χ4v) is 2.14. The first-order valence-electron chi connectivity index (χ1n) is 7.89. The fraction of sp³-hybridized carbons (Fsp3) is 0.211. The number of benzene rings is 2. The molecule has 0 fully saturated rings. The van der Waals surface area contributed by atoms with Gasteiger partial charge in [0, 0.05) is 11.1 Å². The number of hydrogen-bond acceptors (Lipinski definition) is 6. The van der Waals surface area contributed by atoms with Crippen LogP contribution < -0.4 is 14.8 Å². The molecule has 1 N–H and O–H groups in total. The van der Waals surface area contributed by atoms with Crippen LogP contribution in [0.2, 0.25) is 0 Å². The molecule has 0 saturated heterocycles. The van der Waals surface area contributed by atoms with Gasteiger partial charge in [-0.2, -0.15) is 0 Å². The van der Waals surface area contributed by atoms with Crippen LogP contribution in [0.3, 0.4) is 0 Å². The third-order valence-corrected chi connectivity index (χ3v) is 3.56. The van der Waals surface area contributed by atoms with E-state index < -0.39 is 36.6 Å². The normalized spacial score (nSPS) is 10.0. The SMILES string of the molecule is COc1cccc(C(=O)NCC(=O)OCC(=O)c2ccc(OC)c(F)c2)c1. The summed E-state index contributed by atoms with van der Waals surface area (Å²) in [4.78, 5) is 35.6. The standard InChI is InChI=1S/C19H18FNO6/c1-25-14-5-3-4-13(8-14)19(24)21-10-18(23)27-11-16(22)12-6-7-17(26-2)15(20)9-12/h3-9H,10-11H2,1-2H3,(H,21,24). The van der Waals surface area contributed by atoms with Gasteiger partial charge in [0.15, 0.2) is 24.0 Å². The number of halogens is 1. The average molecular weight is 375 g/mol. The number of ketones is 1. The summed E-state index contributed by atoms with van der Waals surface area (Å²) in [5.41, 5.74) is 0.355. The zero-order valence-electron chi connectivity index (χ0n) is 14.8. The van der Waals surface area contributed by atoms with Crippen molar-refractivity contribution in [2.75, 3.05) is 27.4 Å². The van der Waals surface area contributed by atoms with Crippen LogP contribution in [0.4, 0.5) is 4.39 Å². The first kappa shape index (κ1) is 19.9. The molecule has 142 valence electrons. The Kier molecular flexibility index (Phi) is 6.87. The first-order chi connectivity index (χ1) is 12.9. The van der Waals surface area contributed by atoms with Crippen LogP contribution >= 0.6 is 0 Å². The molecular formula is C19H18FNO6. The van der Waals surface area contributed by atoms with Crippen LogP contribution in [0.15, 0.2) is 42.5 Å². The highest BCUT2D eigenvalue weighted by Gasteiger charge is 2.14. The minimum Gasteiger partial charge on any atom is -0.497 e. The van der Waals surface area contributed by atoms with Crippen molar-refractivity contribution >= 4 is 17.7 Å². The van der Waals surface area contributed by atoms with E-state index in [9.17, 15) is 18.8 Å². The maximum atomic E-state index is 13.6. The van der Waals surface area contributed by atoms with Crippen molar-refractivity contribution in [3.63, 3.8) is 0 Å². The minimum atomic E-state index is -0.798. The van der Waals surface area contributed by atoms with Crippen molar-refractivity contribution in [2.24, 2.45) is 0 Å². The van der Waals surface area contributed by atoms with Crippen molar-refractivity contribution < 1.29 is 33.0 Å². The lowest BCUT2D eigenvalue weighted by Gasteiger charge is -2.08. The highest BCUT2D eigenvalue weighted by Crippen LogP contribution is 2.18. The summed E-state index contributed by atoms with van der Waals surface area (Å²) in [6, 6.07) is 10.1. The lowest BCUT2D eigenvalue weighted by atomic mass is 10.1. The smallest absolute Gasteiger partial charge is 0.325 e. The van der Waals surface area contributed by atoms with Crippen LogP contribution in [0.1, 0.15) is 20.7 Å². The molecule has 7 nitrogen and oxygen atoms in total. The van der Waals surface area contributed by atoms with Crippen molar-refractivity contribution in [3.8, 4) is 11.5 Å². The Morgan fingerprint density at radius 3 is 2.44 bits per heavy atom. The number of amides is 1. The Labute approximate surface area is 155 Å². The molecule has 27 heavy (non-hydrogen) atoms. The Bertz CT molecular complexity index is 852. The van der Waals surface area contributed by atoms with E-state index in [1.54, 1.807) is 18.2 Å². The van der Waals surface area contributed by atoms with E-state index in [1.807, 2.05) is 0 Å². The van der Waals surface area contributed by atoms with Crippen LogP contribution in [0.5, 0.6) is 11.5 Å². The monoisotopic (exact) mass is 375 g/mol. The number of Topliss-reactive ketones (excluding diaryl/α,β-unsaturated/α-hetero) is 1. The van der Waals surface area contributed by atoms with E-state index >= 15 is 0 Å². The number of rotatable bonds is 8. The number of carbonyl (C=O) groups is 3. The number of hydrogen-bond donors (Lipinski definition) is 1. The number of ether oxygens (including phenoxy) is 3. The molecule has 0 aromatic heterocycles.